The molecule has 14 heavy (non-hydrogen) atoms. The van der Waals surface area contributed by atoms with Crippen molar-refractivity contribution < 1.29 is 9.63 Å². The van der Waals surface area contributed by atoms with Crippen molar-refractivity contribution in [1.29, 1.82) is 5.26 Å². The van der Waals surface area contributed by atoms with Crippen LogP contribution in [0.3, 0.4) is 0 Å². The molecule has 0 radical (unpaired) electrons. The van der Waals surface area contributed by atoms with Crippen molar-refractivity contribution >= 4 is 12.3 Å². The maximum absolute atomic E-state index is 10.6. The maximum atomic E-state index is 10.6. The molecule has 0 aliphatic rings. The third-order valence-electron chi connectivity index (χ3n) is 1.62. The molecule has 0 aromatic heterocycles. The third-order valence-corrected chi connectivity index (χ3v) is 1.62. The molecule has 0 heterocycles. The van der Waals surface area contributed by atoms with Crippen molar-refractivity contribution in [3.8, 4) is 6.07 Å². The second kappa shape index (κ2) is 5.97. The van der Waals surface area contributed by atoms with Gasteiger partial charge in [0.2, 0.25) is 0 Å². The number of amides is 1. The molecule has 0 spiro atoms. The number of oxime groups is 1. The van der Waals surface area contributed by atoms with E-state index in [0.29, 0.717) is 12.8 Å². The SMILES string of the molecule is CNC(=O)O/N=C\C(C)(C)CCC#N. The van der Waals surface area contributed by atoms with Crippen LogP contribution in [0, 0.1) is 16.7 Å². The lowest BCUT2D eigenvalue weighted by Gasteiger charge is -2.15. The molecule has 0 aromatic rings. The monoisotopic (exact) mass is 197 g/mol. The third kappa shape index (κ3) is 6.00. The van der Waals surface area contributed by atoms with E-state index < -0.39 is 6.09 Å². The average molecular weight is 197 g/mol. The molecule has 0 atom stereocenters. The number of nitriles is 1. The second-order valence-corrected chi connectivity index (χ2v) is 3.51. The van der Waals surface area contributed by atoms with Gasteiger partial charge < -0.3 is 5.32 Å². The lowest BCUT2D eigenvalue weighted by atomic mass is 9.90. The van der Waals surface area contributed by atoms with E-state index in [1.165, 1.54) is 13.3 Å². The van der Waals surface area contributed by atoms with E-state index in [2.05, 4.69) is 21.4 Å². The Morgan fingerprint density at radius 2 is 2.36 bits per heavy atom. The minimum absolute atomic E-state index is 0.232. The van der Waals surface area contributed by atoms with Gasteiger partial charge in [-0.05, 0) is 6.42 Å². The predicted molar refractivity (Wildman–Crippen MR) is 52.7 cm³/mol. The van der Waals surface area contributed by atoms with Crippen molar-refractivity contribution in [2.75, 3.05) is 7.05 Å². The van der Waals surface area contributed by atoms with Gasteiger partial charge in [0.15, 0.2) is 0 Å². The molecular formula is C9H15N3O2. The van der Waals surface area contributed by atoms with Gasteiger partial charge in [0.25, 0.3) is 0 Å². The summed E-state index contributed by atoms with van der Waals surface area (Å²) in [6, 6.07) is 2.05. The first-order chi connectivity index (χ1) is 6.52. The highest BCUT2D eigenvalue weighted by Crippen LogP contribution is 2.18. The largest absolute Gasteiger partial charge is 0.433 e. The lowest BCUT2D eigenvalue weighted by Crippen LogP contribution is -2.18. The van der Waals surface area contributed by atoms with Crippen molar-refractivity contribution in [2.45, 2.75) is 26.7 Å². The van der Waals surface area contributed by atoms with E-state index in [1.54, 1.807) is 0 Å². The van der Waals surface area contributed by atoms with E-state index in [4.69, 9.17) is 5.26 Å². The molecule has 0 aliphatic carbocycles. The molecule has 0 rings (SSSR count). The Labute approximate surface area is 83.7 Å². The van der Waals surface area contributed by atoms with Crippen molar-refractivity contribution in [3.05, 3.63) is 0 Å². The highest BCUT2D eigenvalue weighted by molar-refractivity contribution is 5.69. The first kappa shape index (κ1) is 12.4. The normalized spacial score (nSPS) is 11.0. The van der Waals surface area contributed by atoms with Crippen LogP contribution in [0.25, 0.3) is 0 Å². The summed E-state index contributed by atoms with van der Waals surface area (Å²) in [7, 11) is 1.46. The van der Waals surface area contributed by atoms with Gasteiger partial charge in [0.05, 0.1) is 12.3 Å². The molecule has 78 valence electrons. The Morgan fingerprint density at radius 3 is 2.86 bits per heavy atom. The number of nitrogens with one attached hydrogen (secondary N) is 1. The summed E-state index contributed by atoms with van der Waals surface area (Å²) >= 11 is 0. The second-order valence-electron chi connectivity index (χ2n) is 3.51. The van der Waals surface area contributed by atoms with E-state index in [0.717, 1.165) is 0 Å². The Morgan fingerprint density at radius 1 is 1.71 bits per heavy atom. The Hall–Kier alpha value is -1.57. The van der Waals surface area contributed by atoms with Crippen LogP contribution in [0.1, 0.15) is 26.7 Å². The predicted octanol–water partition coefficient (Wildman–Crippen LogP) is 1.66. The minimum Gasteiger partial charge on any atom is -0.323 e. The topological polar surface area (TPSA) is 74.5 Å². The number of hydrogen-bond donors (Lipinski definition) is 1. The molecule has 0 bridgehead atoms. The van der Waals surface area contributed by atoms with Gasteiger partial charge in [-0.3, -0.25) is 4.84 Å². The van der Waals surface area contributed by atoms with Crippen molar-refractivity contribution in [2.24, 2.45) is 10.6 Å². The molecular weight excluding hydrogens is 182 g/mol. The number of carbonyl (C=O) groups is 1. The van der Waals surface area contributed by atoms with Crippen LogP contribution in [0.5, 0.6) is 0 Å². The molecule has 0 aromatic carbocycles. The summed E-state index contributed by atoms with van der Waals surface area (Å²) in [4.78, 5) is 15.1. The van der Waals surface area contributed by atoms with Gasteiger partial charge in [-0.2, -0.15) is 5.26 Å². The van der Waals surface area contributed by atoms with E-state index in [1.807, 2.05) is 13.8 Å². The first-order valence-electron chi connectivity index (χ1n) is 4.32. The molecule has 0 aliphatic heterocycles. The summed E-state index contributed by atoms with van der Waals surface area (Å²) in [5.41, 5.74) is -0.232. The molecule has 5 heteroatoms. The van der Waals surface area contributed by atoms with Gasteiger partial charge in [-0.1, -0.05) is 19.0 Å². The van der Waals surface area contributed by atoms with Gasteiger partial charge >= 0.3 is 6.09 Å². The smallest absolute Gasteiger partial charge is 0.323 e. The molecule has 0 saturated carbocycles. The summed E-state index contributed by atoms with van der Waals surface area (Å²) in [6.45, 7) is 3.84. The van der Waals surface area contributed by atoms with Crippen LogP contribution < -0.4 is 5.32 Å². The summed E-state index contributed by atoms with van der Waals surface area (Å²) < 4.78 is 0. The Kier molecular flexibility index (Phi) is 5.30. The number of hydrogen-bond acceptors (Lipinski definition) is 4. The summed E-state index contributed by atoms with van der Waals surface area (Å²) in [6.07, 6.45) is 2.07. The zero-order valence-corrected chi connectivity index (χ0v) is 8.70. The van der Waals surface area contributed by atoms with Crippen LogP contribution in [0.4, 0.5) is 4.79 Å². The van der Waals surface area contributed by atoms with Gasteiger partial charge in [-0.15, -0.1) is 0 Å². The highest BCUT2D eigenvalue weighted by atomic mass is 16.7. The standard InChI is InChI=1S/C9H15N3O2/c1-9(2,5-4-6-10)7-12-14-8(13)11-3/h7H,4-5H2,1-3H3,(H,11,13)/b12-7-. The van der Waals surface area contributed by atoms with Gasteiger partial charge in [0.1, 0.15) is 0 Å². The number of rotatable bonds is 4. The fourth-order valence-corrected chi connectivity index (χ4v) is 0.705. The maximum Gasteiger partial charge on any atom is 0.433 e. The van der Waals surface area contributed by atoms with Crippen LogP contribution in [0.2, 0.25) is 0 Å². The molecule has 1 N–H and O–H groups in total. The summed E-state index contributed by atoms with van der Waals surface area (Å²) in [5.74, 6) is 0. The van der Waals surface area contributed by atoms with Crippen LogP contribution in [-0.4, -0.2) is 19.4 Å². The highest BCUT2D eigenvalue weighted by Gasteiger charge is 2.14. The van der Waals surface area contributed by atoms with E-state index in [9.17, 15) is 4.79 Å². The fraction of sp³-hybridized carbons (Fsp3) is 0.667. The molecule has 5 nitrogen and oxygen atoms in total. The molecule has 0 fully saturated rings. The summed E-state index contributed by atoms with van der Waals surface area (Å²) in [5, 5.41) is 14.2. The fourth-order valence-electron chi connectivity index (χ4n) is 0.705. The van der Waals surface area contributed by atoms with Crippen LogP contribution in [-0.2, 0) is 4.84 Å². The quantitative estimate of drug-likeness (QED) is 0.423. The Bertz CT molecular complexity index is 253. The van der Waals surface area contributed by atoms with Gasteiger partial charge in [0, 0.05) is 18.9 Å². The minimum atomic E-state index is -0.600. The van der Waals surface area contributed by atoms with Crippen LogP contribution in [0.15, 0.2) is 5.16 Å². The Balaban J connectivity index is 3.95. The van der Waals surface area contributed by atoms with Gasteiger partial charge in [-0.25, -0.2) is 4.79 Å². The van der Waals surface area contributed by atoms with Crippen molar-refractivity contribution in [3.63, 3.8) is 0 Å². The average Bonchev–Trinajstić information content (AvgIpc) is 2.14. The zero-order valence-electron chi connectivity index (χ0n) is 8.70. The van der Waals surface area contributed by atoms with E-state index >= 15 is 0 Å². The number of carbonyl (C=O) groups excluding carboxylic acids is 1. The first-order valence-corrected chi connectivity index (χ1v) is 4.32. The van der Waals surface area contributed by atoms with E-state index in [-0.39, 0.29) is 5.41 Å². The molecule has 1 amide bonds. The van der Waals surface area contributed by atoms with Crippen LogP contribution >= 0.6 is 0 Å². The van der Waals surface area contributed by atoms with Crippen molar-refractivity contribution in [1.82, 2.24) is 5.32 Å². The zero-order chi connectivity index (χ0) is 11.0. The lowest BCUT2D eigenvalue weighted by molar-refractivity contribution is 0.152. The molecule has 0 saturated heterocycles. The molecule has 0 unspecified atom stereocenters. The number of nitrogens with zero attached hydrogens (tertiary/aromatic N) is 2.